The van der Waals surface area contributed by atoms with Gasteiger partial charge in [-0.1, -0.05) is 24.3 Å². The molecule has 5 rings (SSSR count). The molecule has 0 aromatic heterocycles. The largest absolute Gasteiger partial charge is 0.486 e. The quantitative estimate of drug-likeness (QED) is 0.538. The van der Waals surface area contributed by atoms with Crippen molar-refractivity contribution in [2.45, 2.75) is 50.0 Å². The predicted molar refractivity (Wildman–Crippen MR) is 133 cm³/mol. The predicted octanol–water partition coefficient (Wildman–Crippen LogP) is 2.24. The molecule has 9 nitrogen and oxygen atoms in total. The lowest BCUT2D eigenvalue weighted by Gasteiger charge is -2.41. The van der Waals surface area contributed by atoms with Gasteiger partial charge in [0.25, 0.3) is 0 Å². The highest BCUT2D eigenvalue weighted by Crippen LogP contribution is 2.35. The Kier molecular flexibility index (Phi) is 7.41. The Morgan fingerprint density at radius 3 is 2.69 bits per heavy atom. The number of rotatable bonds is 7. The molecule has 2 aromatic rings. The van der Waals surface area contributed by atoms with Crippen molar-refractivity contribution in [1.82, 2.24) is 4.90 Å². The Bertz CT molecular complexity index is 1080. The van der Waals surface area contributed by atoms with Crippen LogP contribution in [-0.4, -0.2) is 66.4 Å². The van der Waals surface area contributed by atoms with Crippen LogP contribution in [0.1, 0.15) is 37.3 Å². The van der Waals surface area contributed by atoms with Crippen molar-refractivity contribution in [2.24, 2.45) is 11.7 Å². The SMILES string of the molecule is N[C@@H](CCO)c1ccc(NC(=O)[C@H]2C[C@H]3OCC[C@H]3N(C(=O)C[C@H]3COc4ccccc4O3)C2)cc1. The van der Waals surface area contributed by atoms with Crippen molar-refractivity contribution in [3.8, 4) is 11.5 Å². The number of anilines is 1. The first-order chi connectivity index (χ1) is 17.5. The van der Waals surface area contributed by atoms with Crippen LogP contribution < -0.4 is 20.5 Å². The summed E-state index contributed by atoms with van der Waals surface area (Å²) in [4.78, 5) is 28.4. The zero-order chi connectivity index (χ0) is 25.1. The fourth-order valence-electron chi connectivity index (χ4n) is 5.26. The van der Waals surface area contributed by atoms with E-state index in [1.54, 1.807) is 0 Å². The highest BCUT2D eigenvalue weighted by Gasteiger charge is 2.44. The molecule has 3 aliphatic rings. The molecule has 9 heteroatoms. The van der Waals surface area contributed by atoms with E-state index in [0.29, 0.717) is 49.8 Å². The number of hydrogen-bond acceptors (Lipinski definition) is 7. The Balaban J connectivity index is 1.22. The maximum absolute atomic E-state index is 13.4. The molecule has 4 N–H and O–H groups in total. The lowest BCUT2D eigenvalue weighted by molar-refractivity contribution is -0.143. The van der Waals surface area contributed by atoms with Crippen LogP contribution in [-0.2, 0) is 14.3 Å². The van der Waals surface area contributed by atoms with Crippen molar-refractivity contribution < 1.29 is 28.9 Å². The minimum atomic E-state index is -0.381. The van der Waals surface area contributed by atoms with Crippen LogP contribution >= 0.6 is 0 Å². The fourth-order valence-corrected chi connectivity index (χ4v) is 5.26. The van der Waals surface area contributed by atoms with Crippen LogP contribution in [0.3, 0.4) is 0 Å². The van der Waals surface area contributed by atoms with Crippen molar-refractivity contribution in [2.75, 3.05) is 31.7 Å². The third-order valence-electron chi connectivity index (χ3n) is 7.22. The normalized spacial score (nSPS) is 25.7. The van der Waals surface area contributed by atoms with E-state index in [2.05, 4.69) is 5.32 Å². The highest BCUT2D eigenvalue weighted by atomic mass is 16.6. The number of ether oxygens (including phenoxy) is 3. The Morgan fingerprint density at radius 2 is 1.92 bits per heavy atom. The number of fused-ring (bicyclic) bond motifs is 2. The molecule has 5 atom stereocenters. The van der Waals surface area contributed by atoms with Crippen LogP contribution in [0.2, 0.25) is 0 Å². The number of carbonyl (C=O) groups excluding carboxylic acids is 2. The number of likely N-dealkylation sites (tertiary alicyclic amines) is 1. The molecule has 36 heavy (non-hydrogen) atoms. The molecule has 3 heterocycles. The number of para-hydroxylation sites is 2. The lowest BCUT2D eigenvalue weighted by atomic mass is 9.89. The van der Waals surface area contributed by atoms with E-state index >= 15 is 0 Å². The summed E-state index contributed by atoms with van der Waals surface area (Å²) in [5, 5.41) is 12.1. The first-order valence-electron chi connectivity index (χ1n) is 12.6. The summed E-state index contributed by atoms with van der Waals surface area (Å²) in [6.45, 7) is 1.26. The standard InChI is InChI=1S/C27H33N3O6/c28-21(9-11-31)17-5-7-19(8-6-17)29-27(33)18-13-25-22(10-12-34-25)30(15-18)26(32)14-20-16-35-23-3-1-2-4-24(23)36-20/h1-8,18,20-22,25,31H,9-16,28H2,(H,29,33)/t18-,20-,21-,22+,25+/m0/s1. The summed E-state index contributed by atoms with van der Waals surface area (Å²) in [5.74, 6) is 0.754. The number of aliphatic hydroxyl groups excluding tert-OH is 1. The van der Waals surface area contributed by atoms with Gasteiger partial charge in [-0.25, -0.2) is 0 Å². The van der Waals surface area contributed by atoms with E-state index in [9.17, 15) is 9.59 Å². The van der Waals surface area contributed by atoms with Crippen molar-refractivity contribution in [1.29, 1.82) is 0 Å². The van der Waals surface area contributed by atoms with Gasteiger partial charge in [0, 0.05) is 31.5 Å². The number of aliphatic hydroxyl groups is 1. The minimum Gasteiger partial charge on any atom is -0.486 e. The molecule has 0 aliphatic carbocycles. The van der Waals surface area contributed by atoms with Crippen LogP contribution in [0.5, 0.6) is 11.5 Å². The molecule has 192 valence electrons. The summed E-state index contributed by atoms with van der Waals surface area (Å²) < 4.78 is 17.7. The van der Waals surface area contributed by atoms with Crippen LogP contribution in [0.15, 0.2) is 48.5 Å². The Morgan fingerprint density at radius 1 is 1.14 bits per heavy atom. The molecular formula is C27H33N3O6. The molecule has 0 radical (unpaired) electrons. The molecule has 2 amide bonds. The lowest BCUT2D eigenvalue weighted by Crippen LogP contribution is -2.55. The molecule has 0 spiro atoms. The van der Waals surface area contributed by atoms with Crippen molar-refractivity contribution in [3.05, 3.63) is 54.1 Å². The molecular weight excluding hydrogens is 462 g/mol. The summed E-state index contributed by atoms with van der Waals surface area (Å²) >= 11 is 0. The second-order valence-electron chi connectivity index (χ2n) is 9.68. The van der Waals surface area contributed by atoms with E-state index in [1.807, 2.05) is 53.4 Å². The fraction of sp³-hybridized carbons (Fsp3) is 0.481. The number of hydrogen-bond donors (Lipinski definition) is 3. The van der Waals surface area contributed by atoms with Gasteiger partial charge in [-0.2, -0.15) is 0 Å². The molecule has 3 aliphatic heterocycles. The molecule has 0 saturated carbocycles. The smallest absolute Gasteiger partial charge is 0.229 e. The first kappa shape index (κ1) is 24.5. The second-order valence-corrected chi connectivity index (χ2v) is 9.68. The van der Waals surface area contributed by atoms with E-state index in [0.717, 1.165) is 12.0 Å². The molecule has 0 bridgehead atoms. The van der Waals surface area contributed by atoms with E-state index in [1.165, 1.54) is 0 Å². The topological polar surface area (TPSA) is 123 Å². The molecule has 2 fully saturated rings. The number of piperidine rings is 1. The summed E-state index contributed by atoms with van der Waals surface area (Å²) in [5.41, 5.74) is 7.61. The van der Waals surface area contributed by atoms with Crippen LogP contribution in [0.25, 0.3) is 0 Å². The van der Waals surface area contributed by atoms with Gasteiger partial charge in [0.1, 0.15) is 12.7 Å². The van der Waals surface area contributed by atoms with Gasteiger partial charge in [0.2, 0.25) is 11.8 Å². The average Bonchev–Trinajstić information content (AvgIpc) is 3.37. The molecule has 2 aromatic carbocycles. The highest BCUT2D eigenvalue weighted by molar-refractivity contribution is 5.93. The van der Waals surface area contributed by atoms with Crippen LogP contribution in [0.4, 0.5) is 5.69 Å². The van der Waals surface area contributed by atoms with Crippen LogP contribution in [0, 0.1) is 5.92 Å². The summed E-state index contributed by atoms with van der Waals surface area (Å²) in [6, 6.07) is 14.5. The third kappa shape index (κ3) is 5.33. The summed E-state index contributed by atoms with van der Waals surface area (Å²) in [7, 11) is 0. The Hall–Kier alpha value is -3.14. The summed E-state index contributed by atoms with van der Waals surface area (Å²) in [6.07, 6.45) is 1.48. The number of nitrogens with one attached hydrogen (secondary N) is 1. The second kappa shape index (κ2) is 10.9. The number of nitrogens with two attached hydrogens (primary N) is 1. The third-order valence-corrected chi connectivity index (χ3v) is 7.22. The molecule has 2 saturated heterocycles. The average molecular weight is 496 g/mol. The van der Waals surface area contributed by atoms with Gasteiger partial charge in [-0.15, -0.1) is 0 Å². The number of benzene rings is 2. The number of carbonyl (C=O) groups is 2. The van der Waals surface area contributed by atoms with E-state index in [-0.39, 0.29) is 55.1 Å². The van der Waals surface area contributed by atoms with Crippen molar-refractivity contribution >= 4 is 17.5 Å². The monoisotopic (exact) mass is 495 g/mol. The zero-order valence-corrected chi connectivity index (χ0v) is 20.2. The van der Waals surface area contributed by atoms with Gasteiger partial charge in [-0.05, 0) is 49.1 Å². The first-order valence-corrected chi connectivity index (χ1v) is 12.6. The van der Waals surface area contributed by atoms with Gasteiger partial charge >= 0.3 is 0 Å². The number of amides is 2. The van der Waals surface area contributed by atoms with E-state index in [4.69, 9.17) is 25.1 Å². The van der Waals surface area contributed by atoms with Gasteiger partial charge in [-0.3, -0.25) is 9.59 Å². The maximum atomic E-state index is 13.4. The number of nitrogens with zero attached hydrogens (tertiary/aromatic N) is 1. The van der Waals surface area contributed by atoms with Gasteiger partial charge in [0.15, 0.2) is 11.5 Å². The van der Waals surface area contributed by atoms with E-state index < -0.39 is 0 Å². The van der Waals surface area contributed by atoms with Gasteiger partial charge < -0.3 is 35.3 Å². The maximum Gasteiger partial charge on any atom is 0.229 e. The zero-order valence-electron chi connectivity index (χ0n) is 20.2. The molecule has 0 unspecified atom stereocenters. The van der Waals surface area contributed by atoms with Crippen molar-refractivity contribution in [3.63, 3.8) is 0 Å². The van der Waals surface area contributed by atoms with Gasteiger partial charge in [0.05, 0.1) is 24.5 Å². The minimum absolute atomic E-state index is 0.0218. The Labute approximate surface area is 210 Å².